The molecular weight excluding hydrogens is 274 g/mol. The van der Waals surface area contributed by atoms with Crippen molar-refractivity contribution in [1.82, 2.24) is 9.78 Å². The third-order valence-electron chi connectivity index (χ3n) is 3.17. The predicted molar refractivity (Wildman–Crippen MR) is 78.1 cm³/mol. The average molecular weight is 293 g/mol. The maximum Gasteiger partial charge on any atom is 0.175 e. The van der Waals surface area contributed by atoms with Gasteiger partial charge in [-0.2, -0.15) is 5.10 Å². The van der Waals surface area contributed by atoms with Crippen molar-refractivity contribution in [2.75, 3.05) is 6.26 Å². The van der Waals surface area contributed by atoms with Crippen LogP contribution in [0.5, 0.6) is 0 Å². The predicted octanol–water partition coefficient (Wildman–Crippen LogP) is 1.74. The largest absolute Gasteiger partial charge is 0.319 e. The summed E-state index contributed by atoms with van der Waals surface area (Å²) in [6.45, 7) is 2.90. The van der Waals surface area contributed by atoms with Crippen LogP contribution in [0.4, 0.5) is 0 Å². The quantitative estimate of drug-likeness (QED) is 0.911. The maximum atomic E-state index is 11.4. The lowest BCUT2D eigenvalue weighted by Gasteiger charge is -2.14. The summed E-state index contributed by atoms with van der Waals surface area (Å²) >= 11 is 0. The Morgan fingerprint density at radius 1 is 1.25 bits per heavy atom. The zero-order valence-electron chi connectivity index (χ0n) is 11.7. The highest BCUT2D eigenvalue weighted by Gasteiger charge is 2.15. The molecule has 108 valence electrons. The molecule has 0 spiro atoms. The van der Waals surface area contributed by atoms with Crippen molar-refractivity contribution in [3.05, 3.63) is 47.8 Å². The molecule has 1 heterocycles. The van der Waals surface area contributed by atoms with Gasteiger partial charge in [0.05, 0.1) is 16.6 Å². The van der Waals surface area contributed by atoms with Gasteiger partial charge in [-0.1, -0.05) is 19.1 Å². The maximum absolute atomic E-state index is 11.4. The van der Waals surface area contributed by atoms with Crippen LogP contribution >= 0.6 is 0 Å². The molecule has 0 fully saturated rings. The number of hydrogen-bond acceptors (Lipinski definition) is 4. The van der Waals surface area contributed by atoms with Gasteiger partial charge in [0.1, 0.15) is 0 Å². The molecule has 0 saturated carbocycles. The highest BCUT2D eigenvalue weighted by Crippen LogP contribution is 2.21. The van der Waals surface area contributed by atoms with E-state index >= 15 is 0 Å². The third kappa shape index (κ3) is 3.08. The number of aryl methyl sites for hydroxylation is 1. The molecule has 2 N–H and O–H groups in total. The van der Waals surface area contributed by atoms with Gasteiger partial charge in [0.25, 0.3) is 0 Å². The molecular formula is C14H19N3O2S. The van der Waals surface area contributed by atoms with Gasteiger partial charge in [-0.25, -0.2) is 8.42 Å². The van der Waals surface area contributed by atoms with Crippen LogP contribution in [0.3, 0.4) is 0 Å². The van der Waals surface area contributed by atoms with E-state index in [4.69, 9.17) is 5.73 Å². The van der Waals surface area contributed by atoms with Crippen molar-refractivity contribution in [2.45, 2.75) is 30.8 Å². The lowest BCUT2D eigenvalue weighted by molar-refractivity contribution is 0.559. The first-order valence-corrected chi connectivity index (χ1v) is 8.40. The van der Waals surface area contributed by atoms with Crippen LogP contribution in [0.25, 0.3) is 0 Å². The average Bonchev–Trinajstić information content (AvgIpc) is 2.86. The first-order chi connectivity index (χ1) is 9.43. The second-order valence-electron chi connectivity index (χ2n) is 4.80. The first kappa shape index (κ1) is 14.7. The van der Waals surface area contributed by atoms with E-state index in [1.807, 2.05) is 10.7 Å². The normalized spacial score (nSPS) is 13.3. The summed E-state index contributed by atoms with van der Waals surface area (Å²) in [5.74, 6) is 0. The van der Waals surface area contributed by atoms with Gasteiger partial charge in [0.2, 0.25) is 0 Å². The molecule has 1 aromatic heterocycles. The Kier molecular flexibility index (Phi) is 4.25. The monoisotopic (exact) mass is 293 g/mol. The molecule has 2 rings (SSSR count). The Balaban J connectivity index is 2.29. The molecule has 0 aliphatic carbocycles. The van der Waals surface area contributed by atoms with Crippen LogP contribution in [0, 0.1) is 0 Å². The van der Waals surface area contributed by atoms with Crippen molar-refractivity contribution in [2.24, 2.45) is 5.73 Å². The number of hydrogen-bond donors (Lipinski definition) is 1. The van der Waals surface area contributed by atoms with E-state index in [0.29, 0.717) is 4.90 Å². The van der Waals surface area contributed by atoms with E-state index in [-0.39, 0.29) is 6.04 Å². The molecule has 1 aromatic carbocycles. The fourth-order valence-electron chi connectivity index (χ4n) is 2.10. The van der Waals surface area contributed by atoms with Crippen LogP contribution in [0.2, 0.25) is 0 Å². The van der Waals surface area contributed by atoms with E-state index in [9.17, 15) is 8.42 Å². The molecule has 0 amide bonds. The van der Waals surface area contributed by atoms with Crippen molar-refractivity contribution >= 4 is 9.84 Å². The third-order valence-corrected chi connectivity index (χ3v) is 4.30. The van der Waals surface area contributed by atoms with E-state index in [0.717, 1.165) is 24.2 Å². The van der Waals surface area contributed by atoms with Crippen LogP contribution in [-0.2, 0) is 16.4 Å². The minimum atomic E-state index is -3.17. The standard InChI is InChI=1S/C14H19N3O2S/c1-3-10-17-13(8-9-16-17)14(15)11-4-6-12(7-5-11)20(2,18)19/h4-9,14H,3,10,15H2,1-2H3. The molecule has 6 heteroatoms. The molecule has 0 bridgehead atoms. The Morgan fingerprint density at radius 2 is 1.90 bits per heavy atom. The molecule has 1 atom stereocenters. The zero-order chi connectivity index (χ0) is 14.8. The molecule has 20 heavy (non-hydrogen) atoms. The number of sulfone groups is 1. The van der Waals surface area contributed by atoms with Crippen molar-refractivity contribution < 1.29 is 8.42 Å². The highest BCUT2D eigenvalue weighted by atomic mass is 32.2. The van der Waals surface area contributed by atoms with Crippen LogP contribution in [-0.4, -0.2) is 24.5 Å². The Labute approximate surface area is 119 Å². The summed E-state index contributed by atoms with van der Waals surface area (Å²) in [5.41, 5.74) is 8.04. The topological polar surface area (TPSA) is 78.0 Å². The second-order valence-corrected chi connectivity index (χ2v) is 6.81. The molecule has 5 nitrogen and oxygen atoms in total. The van der Waals surface area contributed by atoms with E-state index in [2.05, 4.69) is 12.0 Å². The number of nitrogens with two attached hydrogens (primary N) is 1. The van der Waals surface area contributed by atoms with Gasteiger partial charge >= 0.3 is 0 Å². The van der Waals surface area contributed by atoms with Crippen molar-refractivity contribution in [1.29, 1.82) is 0 Å². The molecule has 0 saturated heterocycles. The van der Waals surface area contributed by atoms with E-state index < -0.39 is 9.84 Å². The summed E-state index contributed by atoms with van der Waals surface area (Å²) in [5, 5.41) is 4.25. The van der Waals surface area contributed by atoms with Gasteiger partial charge in [0.15, 0.2) is 9.84 Å². The van der Waals surface area contributed by atoms with Crippen LogP contribution in [0.15, 0.2) is 41.4 Å². The first-order valence-electron chi connectivity index (χ1n) is 6.50. The minimum absolute atomic E-state index is 0.301. The van der Waals surface area contributed by atoms with Gasteiger partial charge in [-0.05, 0) is 30.2 Å². The van der Waals surface area contributed by atoms with Gasteiger partial charge < -0.3 is 5.73 Å². The zero-order valence-corrected chi connectivity index (χ0v) is 12.5. The number of nitrogens with zero attached hydrogens (tertiary/aromatic N) is 2. The van der Waals surface area contributed by atoms with Gasteiger partial charge in [-0.15, -0.1) is 0 Å². The fourth-order valence-corrected chi connectivity index (χ4v) is 2.73. The van der Waals surface area contributed by atoms with Gasteiger partial charge in [-0.3, -0.25) is 4.68 Å². The smallest absolute Gasteiger partial charge is 0.175 e. The van der Waals surface area contributed by atoms with Crippen molar-refractivity contribution in [3.63, 3.8) is 0 Å². The SMILES string of the molecule is CCCn1nccc1C(N)c1ccc(S(C)(=O)=O)cc1. The molecule has 0 aliphatic heterocycles. The van der Waals surface area contributed by atoms with E-state index in [1.54, 1.807) is 30.5 Å². The Hall–Kier alpha value is -1.66. The molecule has 0 radical (unpaired) electrons. The second kappa shape index (κ2) is 5.76. The summed E-state index contributed by atoms with van der Waals surface area (Å²) in [6.07, 6.45) is 3.91. The molecule has 0 aliphatic rings. The Morgan fingerprint density at radius 3 is 2.45 bits per heavy atom. The Bertz CT molecular complexity index is 675. The lowest BCUT2D eigenvalue weighted by atomic mass is 10.0. The van der Waals surface area contributed by atoms with Crippen molar-refractivity contribution in [3.8, 4) is 0 Å². The molecule has 1 unspecified atom stereocenters. The summed E-state index contributed by atoms with van der Waals surface area (Å²) < 4.78 is 24.8. The van der Waals surface area contributed by atoms with E-state index in [1.165, 1.54) is 6.26 Å². The lowest BCUT2D eigenvalue weighted by Crippen LogP contribution is -2.17. The van der Waals surface area contributed by atoms with Crippen LogP contribution in [0.1, 0.15) is 30.6 Å². The fraction of sp³-hybridized carbons (Fsp3) is 0.357. The summed E-state index contributed by atoms with van der Waals surface area (Å²) in [7, 11) is -3.17. The molecule has 2 aromatic rings. The number of benzene rings is 1. The highest BCUT2D eigenvalue weighted by molar-refractivity contribution is 7.90. The number of aromatic nitrogens is 2. The number of rotatable bonds is 5. The summed E-state index contributed by atoms with van der Waals surface area (Å²) in [4.78, 5) is 0.301. The van der Waals surface area contributed by atoms with Gasteiger partial charge in [0, 0.05) is 19.0 Å². The minimum Gasteiger partial charge on any atom is -0.319 e. The van der Waals surface area contributed by atoms with Crippen LogP contribution < -0.4 is 5.73 Å². The summed E-state index contributed by atoms with van der Waals surface area (Å²) in [6, 6.07) is 8.27.